The van der Waals surface area contributed by atoms with Crippen LogP contribution >= 0.6 is 0 Å². The number of hydrogen-bond donors (Lipinski definition) is 2. The summed E-state index contributed by atoms with van der Waals surface area (Å²) in [6.45, 7) is 7.25. The summed E-state index contributed by atoms with van der Waals surface area (Å²) in [6, 6.07) is 13.7. The summed E-state index contributed by atoms with van der Waals surface area (Å²) in [4.78, 5) is 16.3. The summed E-state index contributed by atoms with van der Waals surface area (Å²) in [5.74, 6) is -0.0485. The Morgan fingerprint density at radius 3 is 2.50 bits per heavy atom. The maximum absolute atomic E-state index is 12.1. The van der Waals surface area contributed by atoms with E-state index in [0.717, 1.165) is 16.9 Å². The third-order valence-corrected chi connectivity index (χ3v) is 3.33. The number of amides is 1. The molecular weight excluding hydrogens is 274 g/mol. The molecule has 1 aromatic heterocycles. The van der Waals surface area contributed by atoms with Crippen molar-refractivity contribution < 1.29 is 4.79 Å². The van der Waals surface area contributed by atoms with Crippen LogP contribution in [0.25, 0.3) is 0 Å². The molecule has 0 bridgehead atoms. The van der Waals surface area contributed by atoms with Gasteiger partial charge in [0.25, 0.3) is 0 Å². The summed E-state index contributed by atoms with van der Waals surface area (Å²) in [5.41, 5.74) is 2.92. The minimum atomic E-state index is -0.0485. The molecule has 2 aromatic rings. The van der Waals surface area contributed by atoms with Gasteiger partial charge in [0.05, 0.1) is 12.2 Å². The Hall–Kier alpha value is -2.20. The van der Waals surface area contributed by atoms with E-state index in [0.29, 0.717) is 6.54 Å². The molecule has 116 valence electrons. The van der Waals surface area contributed by atoms with Gasteiger partial charge in [-0.05, 0) is 29.2 Å². The number of nitrogens with zero attached hydrogens (tertiary/aromatic N) is 1. The van der Waals surface area contributed by atoms with Gasteiger partial charge in [0, 0.05) is 18.4 Å². The van der Waals surface area contributed by atoms with Crippen molar-refractivity contribution in [2.24, 2.45) is 0 Å². The van der Waals surface area contributed by atoms with E-state index in [1.165, 1.54) is 0 Å². The average molecular weight is 297 g/mol. The predicted molar refractivity (Wildman–Crippen MR) is 89.7 cm³/mol. The molecule has 22 heavy (non-hydrogen) atoms. The van der Waals surface area contributed by atoms with E-state index < -0.39 is 0 Å². The van der Waals surface area contributed by atoms with Crippen molar-refractivity contribution in [3.05, 3.63) is 59.9 Å². The lowest BCUT2D eigenvalue weighted by molar-refractivity contribution is -0.115. The lowest BCUT2D eigenvalue weighted by Gasteiger charge is -2.23. The summed E-state index contributed by atoms with van der Waals surface area (Å²) in [5, 5.41) is 6.09. The molecule has 0 aliphatic carbocycles. The second-order valence-corrected chi connectivity index (χ2v) is 6.27. The summed E-state index contributed by atoms with van der Waals surface area (Å²) in [6.07, 6.45) is 1.75. The van der Waals surface area contributed by atoms with Crippen molar-refractivity contribution >= 4 is 11.6 Å². The van der Waals surface area contributed by atoms with E-state index in [9.17, 15) is 4.79 Å². The van der Waals surface area contributed by atoms with Gasteiger partial charge in [0.2, 0.25) is 5.91 Å². The molecule has 1 heterocycles. The Balaban J connectivity index is 1.90. The number of para-hydroxylation sites is 1. The molecule has 0 unspecified atom stereocenters. The second-order valence-electron chi connectivity index (χ2n) is 6.27. The highest BCUT2D eigenvalue weighted by molar-refractivity contribution is 5.93. The minimum absolute atomic E-state index is 0.00867. The molecule has 0 aliphatic rings. The van der Waals surface area contributed by atoms with E-state index in [-0.39, 0.29) is 17.9 Å². The highest BCUT2D eigenvalue weighted by atomic mass is 16.1. The number of rotatable bonds is 5. The van der Waals surface area contributed by atoms with Gasteiger partial charge in [-0.15, -0.1) is 0 Å². The van der Waals surface area contributed by atoms with Gasteiger partial charge in [-0.2, -0.15) is 0 Å². The van der Waals surface area contributed by atoms with Crippen LogP contribution in [-0.4, -0.2) is 17.4 Å². The standard InChI is InChI=1S/C18H23N3O/c1-18(2,3)15-9-4-5-10-16(15)21-17(22)13-19-12-14-8-6-7-11-20-14/h4-11,19H,12-13H2,1-3H3,(H,21,22). The van der Waals surface area contributed by atoms with E-state index in [4.69, 9.17) is 0 Å². The molecule has 0 radical (unpaired) electrons. The largest absolute Gasteiger partial charge is 0.325 e. The summed E-state index contributed by atoms with van der Waals surface area (Å²) < 4.78 is 0. The van der Waals surface area contributed by atoms with Crippen LogP contribution in [-0.2, 0) is 16.8 Å². The van der Waals surface area contributed by atoms with Crippen LogP contribution < -0.4 is 10.6 Å². The molecule has 2 N–H and O–H groups in total. The number of carbonyl (C=O) groups excluding carboxylic acids is 1. The highest BCUT2D eigenvalue weighted by Gasteiger charge is 2.18. The van der Waals surface area contributed by atoms with Gasteiger partial charge < -0.3 is 10.6 Å². The number of nitrogens with one attached hydrogen (secondary N) is 2. The molecule has 0 spiro atoms. The fourth-order valence-corrected chi connectivity index (χ4v) is 2.25. The van der Waals surface area contributed by atoms with Crippen LogP contribution in [0.5, 0.6) is 0 Å². The van der Waals surface area contributed by atoms with Gasteiger partial charge in [0.1, 0.15) is 0 Å². The highest BCUT2D eigenvalue weighted by Crippen LogP contribution is 2.29. The SMILES string of the molecule is CC(C)(C)c1ccccc1NC(=O)CNCc1ccccn1. The molecule has 1 aromatic carbocycles. The topological polar surface area (TPSA) is 54.0 Å². The predicted octanol–water partition coefficient (Wildman–Crippen LogP) is 3.11. The molecule has 0 fully saturated rings. The zero-order valence-corrected chi connectivity index (χ0v) is 13.4. The third kappa shape index (κ3) is 4.67. The van der Waals surface area contributed by atoms with Gasteiger partial charge in [-0.25, -0.2) is 0 Å². The van der Waals surface area contributed by atoms with Crippen LogP contribution in [0.2, 0.25) is 0 Å². The Morgan fingerprint density at radius 2 is 1.82 bits per heavy atom. The number of pyridine rings is 1. The first-order chi connectivity index (χ1) is 10.5. The number of aromatic nitrogens is 1. The van der Waals surface area contributed by atoms with Crippen molar-refractivity contribution in [2.75, 3.05) is 11.9 Å². The quantitative estimate of drug-likeness (QED) is 0.891. The van der Waals surface area contributed by atoms with Crippen molar-refractivity contribution in [3.63, 3.8) is 0 Å². The number of hydrogen-bond acceptors (Lipinski definition) is 3. The van der Waals surface area contributed by atoms with Gasteiger partial charge in [0.15, 0.2) is 0 Å². The average Bonchev–Trinajstić information content (AvgIpc) is 2.48. The Bertz CT molecular complexity index is 618. The molecular formula is C18H23N3O. The van der Waals surface area contributed by atoms with Crippen LogP contribution in [0.15, 0.2) is 48.7 Å². The van der Waals surface area contributed by atoms with Crippen LogP contribution in [0.4, 0.5) is 5.69 Å². The first-order valence-electron chi connectivity index (χ1n) is 7.47. The molecule has 4 nitrogen and oxygen atoms in total. The van der Waals surface area contributed by atoms with E-state index in [1.807, 2.05) is 36.4 Å². The van der Waals surface area contributed by atoms with E-state index in [2.05, 4.69) is 42.5 Å². The van der Waals surface area contributed by atoms with Crippen molar-refractivity contribution in [2.45, 2.75) is 32.7 Å². The maximum Gasteiger partial charge on any atom is 0.238 e. The Morgan fingerprint density at radius 1 is 1.09 bits per heavy atom. The second kappa shape index (κ2) is 7.18. The van der Waals surface area contributed by atoms with Gasteiger partial charge >= 0.3 is 0 Å². The first-order valence-corrected chi connectivity index (χ1v) is 7.47. The van der Waals surface area contributed by atoms with Gasteiger partial charge in [-0.3, -0.25) is 9.78 Å². The van der Waals surface area contributed by atoms with Crippen molar-refractivity contribution in [1.29, 1.82) is 0 Å². The maximum atomic E-state index is 12.1. The Kier molecular flexibility index (Phi) is 5.28. The summed E-state index contributed by atoms with van der Waals surface area (Å²) in [7, 11) is 0. The lowest BCUT2D eigenvalue weighted by Crippen LogP contribution is -2.29. The van der Waals surface area contributed by atoms with E-state index in [1.54, 1.807) is 6.20 Å². The fourth-order valence-electron chi connectivity index (χ4n) is 2.25. The van der Waals surface area contributed by atoms with Crippen LogP contribution in [0.3, 0.4) is 0 Å². The first kappa shape index (κ1) is 16.2. The normalized spacial score (nSPS) is 11.2. The zero-order valence-electron chi connectivity index (χ0n) is 13.4. The van der Waals surface area contributed by atoms with Crippen LogP contribution in [0, 0.1) is 0 Å². The molecule has 4 heteroatoms. The molecule has 0 atom stereocenters. The molecule has 1 amide bonds. The smallest absolute Gasteiger partial charge is 0.238 e. The third-order valence-electron chi connectivity index (χ3n) is 3.33. The van der Waals surface area contributed by atoms with E-state index >= 15 is 0 Å². The fraction of sp³-hybridized carbons (Fsp3) is 0.333. The monoisotopic (exact) mass is 297 g/mol. The summed E-state index contributed by atoms with van der Waals surface area (Å²) >= 11 is 0. The van der Waals surface area contributed by atoms with Crippen molar-refractivity contribution in [3.8, 4) is 0 Å². The molecule has 0 saturated heterocycles. The lowest BCUT2D eigenvalue weighted by atomic mass is 9.86. The number of carbonyl (C=O) groups is 1. The minimum Gasteiger partial charge on any atom is -0.325 e. The number of anilines is 1. The van der Waals surface area contributed by atoms with Crippen molar-refractivity contribution in [1.82, 2.24) is 10.3 Å². The van der Waals surface area contributed by atoms with Crippen LogP contribution in [0.1, 0.15) is 32.0 Å². The van der Waals surface area contributed by atoms with Gasteiger partial charge in [-0.1, -0.05) is 45.0 Å². The molecule has 0 saturated carbocycles. The Labute approximate surface area is 132 Å². The molecule has 2 rings (SSSR count). The number of benzene rings is 1. The molecule has 0 aliphatic heterocycles. The zero-order chi connectivity index (χ0) is 16.0.